The molecule has 0 saturated heterocycles. The number of fused-ring (bicyclic) bond motifs is 2. The quantitative estimate of drug-likeness (QED) is 0.807. The first kappa shape index (κ1) is 15.3. The molecule has 2 amide bonds. The fraction of sp³-hybridized carbons (Fsp3) is 0.278. The zero-order valence-corrected chi connectivity index (χ0v) is 14.8. The molecule has 2 aromatic carbocycles. The molecule has 2 N–H and O–H groups in total. The molecule has 0 unspecified atom stereocenters. The summed E-state index contributed by atoms with van der Waals surface area (Å²) in [6, 6.07) is 7.49. The van der Waals surface area contributed by atoms with Crippen LogP contribution in [0.25, 0.3) is 0 Å². The Kier molecular flexibility index (Phi) is 3.84. The summed E-state index contributed by atoms with van der Waals surface area (Å²) >= 11 is 3.43. The predicted molar refractivity (Wildman–Crippen MR) is 96.4 cm³/mol. The highest BCUT2D eigenvalue weighted by Crippen LogP contribution is 2.44. The summed E-state index contributed by atoms with van der Waals surface area (Å²) in [5.41, 5.74) is 4.61. The van der Waals surface area contributed by atoms with Gasteiger partial charge in [0, 0.05) is 34.1 Å². The number of urea groups is 1. The number of ether oxygens (including phenoxy) is 2. The number of anilines is 2. The molecule has 0 aromatic heterocycles. The average Bonchev–Trinajstić information content (AvgIpc) is 3.18. The summed E-state index contributed by atoms with van der Waals surface area (Å²) in [6.07, 6.45) is 1.62. The predicted octanol–water partition coefficient (Wildman–Crippen LogP) is 4.27. The molecule has 6 heteroatoms. The lowest BCUT2D eigenvalue weighted by atomic mass is 10.0. The van der Waals surface area contributed by atoms with E-state index in [1.165, 1.54) is 0 Å². The van der Waals surface area contributed by atoms with Crippen LogP contribution in [0.2, 0.25) is 0 Å². The Labute approximate surface area is 148 Å². The normalized spacial score (nSPS) is 14.4. The lowest BCUT2D eigenvalue weighted by Crippen LogP contribution is -2.21. The van der Waals surface area contributed by atoms with Crippen LogP contribution in [-0.2, 0) is 12.8 Å². The van der Waals surface area contributed by atoms with E-state index in [-0.39, 0.29) is 6.03 Å². The van der Waals surface area contributed by atoms with Crippen LogP contribution in [0.3, 0.4) is 0 Å². The fourth-order valence-electron chi connectivity index (χ4n) is 3.15. The highest BCUT2D eigenvalue weighted by Gasteiger charge is 2.27. The summed E-state index contributed by atoms with van der Waals surface area (Å²) < 4.78 is 12.4. The molecule has 0 saturated carbocycles. The Morgan fingerprint density at radius 1 is 1.12 bits per heavy atom. The molecule has 2 aromatic rings. The Morgan fingerprint density at radius 2 is 1.96 bits per heavy atom. The van der Waals surface area contributed by atoms with Crippen molar-refractivity contribution in [1.82, 2.24) is 0 Å². The number of rotatable bonds is 2. The van der Waals surface area contributed by atoms with E-state index in [2.05, 4.69) is 26.6 Å². The van der Waals surface area contributed by atoms with Gasteiger partial charge in [-0.15, -0.1) is 0 Å². The second-order valence-corrected chi connectivity index (χ2v) is 6.87. The van der Waals surface area contributed by atoms with Crippen molar-refractivity contribution in [3.63, 3.8) is 0 Å². The first-order valence-electron chi connectivity index (χ1n) is 7.90. The van der Waals surface area contributed by atoms with Crippen molar-refractivity contribution in [2.24, 2.45) is 0 Å². The number of hydrogen-bond acceptors (Lipinski definition) is 3. The highest BCUT2D eigenvalue weighted by atomic mass is 79.9. The number of hydrogen-bond donors (Lipinski definition) is 2. The zero-order valence-electron chi connectivity index (χ0n) is 13.2. The van der Waals surface area contributed by atoms with Crippen LogP contribution >= 0.6 is 15.9 Å². The summed E-state index contributed by atoms with van der Waals surface area (Å²) in [6.45, 7) is 3.23. The molecule has 0 aliphatic carbocycles. The van der Waals surface area contributed by atoms with E-state index < -0.39 is 0 Å². The third-order valence-corrected chi connectivity index (χ3v) is 4.82. The third-order valence-electron chi connectivity index (χ3n) is 4.33. The van der Waals surface area contributed by atoms with Crippen LogP contribution in [0.5, 0.6) is 11.5 Å². The van der Waals surface area contributed by atoms with Gasteiger partial charge in [0.05, 0.1) is 18.9 Å². The topological polar surface area (TPSA) is 59.6 Å². The molecule has 0 atom stereocenters. The van der Waals surface area contributed by atoms with Crippen LogP contribution in [0.15, 0.2) is 28.7 Å². The summed E-state index contributed by atoms with van der Waals surface area (Å²) in [5.74, 6) is 1.64. The van der Waals surface area contributed by atoms with Gasteiger partial charge >= 0.3 is 6.03 Å². The molecule has 24 heavy (non-hydrogen) atoms. The number of aryl methyl sites for hydroxylation is 1. The Balaban J connectivity index is 1.60. The second kappa shape index (κ2) is 6.02. The molecular formula is C18H17BrN2O3. The summed E-state index contributed by atoms with van der Waals surface area (Å²) in [4.78, 5) is 12.5. The van der Waals surface area contributed by atoms with Gasteiger partial charge in [-0.25, -0.2) is 4.79 Å². The van der Waals surface area contributed by atoms with Crippen LogP contribution in [0.4, 0.5) is 16.2 Å². The summed E-state index contributed by atoms with van der Waals surface area (Å²) in [7, 11) is 0. The van der Waals surface area contributed by atoms with E-state index in [4.69, 9.17) is 9.47 Å². The highest BCUT2D eigenvalue weighted by molar-refractivity contribution is 9.10. The Hall–Kier alpha value is -2.21. The van der Waals surface area contributed by atoms with Crippen molar-refractivity contribution in [1.29, 1.82) is 0 Å². The van der Waals surface area contributed by atoms with Crippen molar-refractivity contribution in [2.75, 3.05) is 23.8 Å². The van der Waals surface area contributed by atoms with Crippen molar-refractivity contribution in [3.05, 3.63) is 45.4 Å². The lowest BCUT2D eigenvalue weighted by molar-refractivity contribution is 0.262. The van der Waals surface area contributed by atoms with Crippen molar-refractivity contribution in [2.45, 2.75) is 19.8 Å². The molecule has 2 heterocycles. The molecule has 0 fully saturated rings. The maximum Gasteiger partial charge on any atom is 0.323 e. The number of amides is 2. The molecule has 2 aliphatic rings. The molecule has 0 radical (unpaired) electrons. The van der Waals surface area contributed by atoms with E-state index in [0.29, 0.717) is 13.2 Å². The van der Waals surface area contributed by atoms with Gasteiger partial charge in [-0.2, -0.15) is 0 Å². The van der Waals surface area contributed by atoms with Crippen LogP contribution < -0.4 is 20.1 Å². The molecule has 124 valence electrons. The Morgan fingerprint density at radius 3 is 2.79 bits per heavy atom. The zero-order chi connectivity index (χ0) is 16.7. The first-order valence-corrected chi connectivity index (χ1v) is 8.69. The van der Waals surface area contributed by atoms with E-state index in [9.17, 15) is 4.79 Å². The number of halogens is 1. The van der Waals surface area contributed by atoms with Crippen LogP contribution in [-0.4, -0.2) is 19.2 Å². The largest absolute Gasteiger partial charge is 0.493 e. The van der Waals surface area contributed by atoms with E-state index in [0.717, 1.165) is 56.9 Å². The number of benzene rings is 2. The third kappa shape index (κ3) is 2.71. The minimum absolute atomic E-state index is 0.279. The maximum absolute atomic E-state index is 12.5. The minimum atomic E-state index is -0.279. The second-order valence-electron chi connectivity index (χ2n) is 5.95. The van der Waals surface area contributed by atoms with E-state index >= 15 is 0 Å². The van der Waals surface area contributed by atoms with Crippen molar-refractivity contribution < 1.29 is 14.3 Å². The molecule has 2 aliphatic heterocycles. The van der Waals surface area contributed by atoms with Gasteiger partial charge in [-0.1, -0.05) is 15.9 Å². The van der Waals surface area contributed by atoms with Gasteiger partial charge in [0.1, 0.15) is 11.5 Å². The first-order chi connectivity index (χ1) is 11.6. The van der Waals surface area contributed by atoms with E-state index in [1.807, 2.05) is 31.2 Å². The van der Waals surface area contributed by atoms with Gasteiger partial charge in [0.2, 0.25) is 0 Å². The summed E-state index contributed by atoms with van der Waals surface area (Å²) in [5, 5.41) is 5.87. The molecule has 0 spiro atoms. The Bertz CT molecular complexity index is 803. The molecular weight excluding hydrogens is 372 g/mol. The fourth-order valence-corrected chi connectivity index (χ4v) is 3.63. The number of carbonyl (C=O) groups is 1. The minimum Gasteiger partial charge on any atom is -0.493 e. The SMILES string of the molecule is Cc1cc(Br)ccc1NC(=O)Nc1c2c(cc3c1OCC3)OCC2. The molecule has 0 bridgehead atoms. The van der Waals surface area contributed by atoms with Gasteiger partial charge in [-0.3, -0.25) is 0 Å². The monoisotopic (exact) mass is 388 g/mol. The van der Waals surface area contributed by atoms with Crippen LogP contribution in [0.1, 0.15) is 16.7 Å². The van der Waals surface area contributed by atoms with Crippen molar-refractivity contribution >= 4 is 33.3 Å². The van der Waals surface area contributed by atoms with Gasteiger partial charge < -0.3 is 20.1 Å². The smallest absolute Gasteiger partial charge is 0.323 e. The maximum atomic E-state index is 12.5. The van der Waals surface area contributed by atoms with Crippen molar-refractivity contribution in [3.8, 4) is 11.5 Å². The average molecular weight is 389 g/mol. The molecule has 5 nitrogen and oxygen atoms in total. The standard InChI is InChI=1S/C18H17BrN2O3/c1-10-8-12(19)2-3-14(10)20-18(22)21-16-13-5-7-23-15(13)9-11-4-6-24-17(11)16/h2-3,8-9H,4-7H2,1H3,(H2,20,21,22). The van der Waals surface area contributed by atoms with Crippen LogP contribution in [0, 0.1) is 6.92 Å². The number of nitrogens with one attached hydrogen (secondary N) is 2. The van der Waals surface area contributed by atoms with Gasteiger partial charge in [-0.05, 0) is 36.8 Å². The van der Waals surface area contributed by atoms with Gasteiger partial charge in [0.15, 0.2) is 0 Å². The van der Waals surface area contributed by atoms with Gasteiger partial charge in [0.25, 0.3) is 0 Å². The number of carbonyl (C=O) groups excluding carboxylic acids is 1. The lowest BCUT2D eigenvalue weighted by Gasteiger charge is -2.15. The van der Waals surface area contributed by atoms with E-state index in [1.54, 1.807) is 0 Å². The molecule has 4 rings (SSSR count).